The minimum absolute atomic E-state index is 0.00789. The fraction of sp³-hybridized carbons (Fsp3) is 0.460. The highest BCUT2D eigenvalue weighted by atomic mass is 16.6. The van der Waals surface area contributed by atoms with Gasteiger partial charge >= 0.3 is 29.8 Å². The van der Waals surface area contributed by atoms with Gasteiger partial charge in [0.2, 0.25) is 0 Å². The van der Waals surface area contributed by atoms with Crippen LogP contribution in [0.5, 0.6) is 0 Å². The van der Waals surface area contributed by atoms with Crippen molar-refractivity contribution in [1.82, 2.24) is 5.32 Å². The van der Waals surface area contributed by atoms with Crippen LogP contribution >= 0.6 is 0 Å². The molecule has 2 unspecified atom stereocenters. The number of hydrogen-bond acceptors (Lipinski definition) is 16. The SMILES string of the molecule is CC(=O)O[C@@]12CO[C@@H]1C[C@H](OC(=O)C(N)CCC(=O)O)[C@@]1(C)C(=O)[C@H](O)C3=C(C)[C@@H](OC(=O)[C@H](O)[C@@H](NC(=O)c4ccccc4)c4ccccc4)C[C@@](O)([C@@H](OC(=O)c4ccccc4)C12)C3(C)C. The van der Waals surface area contributed by atoms with Crippen molar-refractivity contribution >= 4 is 41.5 Å². The van der Waals surface area contributed by atoms with Crippen molar-refractivity contribution in [2.24, 2.45) is 22.5 Å². The molecule has 3 aliphatic carbocycles. The fourth-order valence-electron chi connectivity index (χ4n) is 10.7. The Hall–Kier alpha value is -6.31. The van der Waals surface area contributed by atoms with Gasteiger partial charge in [-0.05, 0) is 61.2 Å². The number of ether oxygens (including phenoxy) is 5. The zero-order valence-corrected chi connectivity index (χ0v) is 38.2. The van der Waals surface area contributed by atoms with Crippen LogP contribution in [0.15, 0.2) is 102 Å². The first-order valence-electron chi connectivity index (χ1n) is 22.3. The second-order valence-electron chi connectivity index (χ2n) is 18.7. The van der Waals surface area contributed by atoms with E-state index in [9.17, 15) is 49.2 Å². The third-order valence-electron chi connectivity index (χ3n) is 14.4. The molecular formula is C50H56N2O16. The number of carbonyl (C=O) groups is 7. The number of fused-ring (bicyclic) bond motifs is 5. The van der Waals surface area contributed by atoms with Gasteiger partial charge in [0, 0.05) is 37.2 Å². The predicted octanol–water partition coefficient (Wildman–Crippen LogP) is 2.91. The Morgan fingerprint density at radius 3 is 2.01 bits per heavy atom. The third kappa shape index (κ3) is 8.70. The Bertz CT molecular complexity index is 2480. The van der Waals surface area contributed by atoms with Gasteiger partial charge in [0.15, 0.2) is 17.5 Å². The quantitative estimate of drug-likeness (QED) is 0.0770. The Morgan fingerprint density at radius 2 is 1.46 bits per heavy atom. The van der Waals surface area contributed by atoms with Crippen LogP contribution < -0.4 is 11.1 Å². The van der Waals surface area contributed by atoms with E-state index in [1.54, 1.807) is 78.9 Å². The molecule has 12 atom stereocenters. The molecule has 2 bridgehead atoms. The second-order valence-corrected chi connectivity index (χ2v) is 18.7. The smallest absolute Gasteiger partial charge is 0.338 e. The lowest BCUT2D eigenvalue weighted by atomic mass is 9.44. The molecule has 362 valence electrons. The van der Waals surface area contributed by atoms with E-state index in [2.05, 4.69) is 5.32 Å². The van der Waals surface area contributed by atoms with Crippen molar-refractivity contribution in [3.05, 3.63) is 119 Å². The van der Waals surface area contributed by atoms with Gasteiger partial charge in [-0.15, -0.1) is 0 Å². The van der Waals surface area contributed by atoms with Crippen molar-refractivity contribution in [2.45, 2.75) is 120 Å². The number of rotatable bonds is 14. The minimum atomic E-state index is -2.49. The van der Waals surface area contributed by atoms with E-state index >= 15 is 4.79 Å². The maximum absolute atomic E-state index is 15.6. The Kier molecular flexibility index (Phi) is 13.9. The van der Waals surface area contributed by atoms with Gasteiger partial charge in [-0.2, -0.15) is 0 Å². The van der Waals surface area contributed by atoms with E-state index in [-0.39, 0.29) is 35.1 Å². The van der Waals surface area contributed by atoms with Gasteiger partial charge in [0.05, 0.1) is 29.5 Å². The number of ketones is 1. The molecule has 1 heterocycles. The number of amides is 1. The van der Waals surface area contributed by atoms with Crippen molar-refractivity contribution in [1.29, 1.82) is 0 Å². The number of carbonyl (C=O) groups excluding carboxylic acids is 6. The summed E-state index contributed by atoms with van der Waals surface area (Å²) in [6.07, 6.45) is -12.3. The number of hydrogen-bond donors (Lipinski definition) is 6. The molecule has 7 rings (SSSR count). The van der Waals surface area contributed by atoms with Gasteiger partial charge in [-0.25, -0.2) is 9.59 Å². The zero-order valence-electron chi connectivity index (χ0n) is 38.2. The molecule has 7 N–H and O–H groups in total. The number of Topliss-reactive ketones (excluding diaryl/α,β-unsaturated/α-hetero) is 1. The Balaban J connectivity index is 1.37. The number of esters is 4. The Morgan fingerprint density at radius 1 is 0.868 bits per heavy atom. The number of benzene rings is 3. The van der Waals surface area contributed by atoms with Crippen LogP contribution in [0.3, 0.4) is 0 Å². The molecule has 4 aliphatic rings. The highest BCUT2D eigenvalue weighted by Gasteiger charge is 2.78. The van der Waals surface area contributed by atoms with Crippen LogP contribution in [0.1, 0.15) is 92.6 Å². The lowest BCUT2D eigenvalue weighted by Crippen LogP contribution is -2.82. The fourth-order valence-corrected chi connectivity index (χ4v) is 10.7. The molecule has 3 aromatic rings. The van der Waals surface area contributed by atoms with Gasteiger partial charge in [0.1, 0.15) is 42.2 Å². The maximum Gasteiger partial charge on any atom is 0.338 e. The van der Waals surface area contributed by atoms with Crippen molar-refractivity contribution in [3.63, 3.8) is 0 Å². The van der Waals surface area contributed by atoms with Crippen LogP contribution in [0.4, 0.5) is 0 Å². The molecule has 1 amide bonds. The summed E-state index contributed by atoms with van der Waals surface area (Å²) >= 11 is 0. The predicted molar refractivity (Wildman–Crippen MR) is 237 cm³/mol. The molecule has 0 aromatic heterocycles. The first-order chi connectivity index (χ1) is 32.1. The molecule has 1 aliphatic heterocycles. The van der Waals surface area contributed by atoms with Gasteiger partial charge in [-0.3, -0.25) is 24.0 Å². The summed E-state index contributed by atoms with van der Waals surface area (Å²) in [6, 6.07) is 21.1. The third-order valence-corrected chi connectivity index (χ3v) is 14.4. The molecular weight excluding hydrogens is 885 g/mol. The molecule has 18 heteroatoms. The molecule has 1 saturated heterocycles. The molecule has 68 heavy (non-hydrogen) atoms. The largest absolute Gasteiger partial charge is 0.481 e. The van der Waals surface area contributed by atoms with E-state index in [4.69, 9.17) is 29.4 Å². The number of carboxylic acids is 1. The maximum atomic E-state index is 15.6. The van der Waals surface area contributed by atoms with Crippen molar-refractivity contribution in [3.8, 4) is 0 Å². The van der Waals surface area contributed by atoms with E-state index < -0.39 is 138 Å². The Labute approximate surface area is 391 Å². The van der Waals surface area contributed by atoms with Gasteiger partial charge < -0.3 is 55.2 Å². The molecule has 3 aromatic carbocycles. The van der Waals surface area contributed by atoms with E-state index in [0.29, 0.717) is 5.56 Å². The normalized spacial score (nSPS) is 30.5. The van der Waals surface area contributed by atoms with E-state index in [1.165, 1.54) is 39.8 Å². The van der Waals surface area contributed by atoms with Crippen LogP contribution in [0.2, 0.25) is 0 Å². The summed E-state index contributed by atoms with van der Waals surface area (Å²) in [5.74, 6) is -8.81. The second kappa shape index (κ2) is 19.0. The number of aliphatic carboxylic acids is 1. The summed E-state index contributed by atoms with van der Waals surface area (Å²) in [6.45, 7) is 6.50. The zero-order chi connectivity index (χ0) is 49.5. The van der Waals surface area contributed by atoms with E-state index in [1.807, 2.05) is 0 Å². The van der Waals surface area contributed by atoms with Crippen LogP contribution in [0, 0.1) is 16.7 Å². The summed E-state index contributed by atoms with van der Waals surface area (Å²) in [7, 11) is 0. The molecule has 0 spiro atoms. The molecule has 2 saturated carbocycles. The number of carboxylic acid groups (broad SMARTS) is 1. The lowest BCUT2D eigenvalue weighted by Gasteiger charge is -2.67. The van der Waals surface area contributed by atoms with Gasteiger partial charge in [0.25, 0.3) is 5.91 Å². The number of nitrogens with one attached hydrogen (secondary N) is 1. The average Bonchev–Trinajstić information content (AvgIpc) is 3.31. The number of aliphatic hydroxyl groups excluding tert-OH is 2. The van der Waals surface area contributed by atoms with Crippen molar-refractivity contribution < 1.29 is 77.7 Å². The minimum Gasteiger partial charge on any atom is -0.481 e. The molecule has 18 nitrogen and oxygen atoms in total. The first-order valence-corrected chi connectivity index (χ1v) is 22.3. The number of nitrogens with two attached hydrogens (primary N) is 1. The standard InChI is InChI=1S/C50H56N2O16/c1-26-32(65-46(62)39(57)37(28-15-9-6-10-16-28)52-43(59)29-17-11-7-12-18-29)24-50(63)42(67-44(60)30-19-13-8-14-20-30)40-48(5,41(58)38(56)36(26)47(50,3)4)33(66-45(61)31(51)21-22-35(54)55)23-34-49(40,25-64-34)68-27(2)53/h6-20,31-34,37-40,42,56-57,63H,21-25,51H2,1-5H3,(H,52,59)(H,54,55)/t31?,32-,33-,34+,37-,38+,39+,40?,42-,48+,49-,50+/m0/s1. The molecule has 0 radical (unpaired) electrons. The monoisotopic (exact) mass is 940 g/mol. The highest BCUT2D eigenvalue weighted by Crippen LogP contribution is 2.64. The summed E-state index contributed by atoms with van der Waals surface area (Å²) in [4.78, 5) is 96.1. The highest BCUT2D eigenvalue weighted by molar-refractivity contribution is 5.96. The lowest BCUT2D eigenvalue weighted by molar-refractivity contribution is -0.346. The van der Waals surface area contributed by atoms with Crippen LogP contribution in [-0.2, 0) is 47.7 Å². The van der Waals surface area contributed by atoms with Gasteiger partial charge in [-0.1, -0.05) is 80.6 Å². The summed E-state index contributed by atoms with van der Waals surface area (Å²) < 4.78 is 30.6. The topological polar surface area (TPSA) is 285 Å². The van der Waals surface area contributed by atoms with E-state index in [0.717, 1.165) is 6.92 Å². The first kappa shape index (κ1) is 49.6. The van der Waals surface area contributed by atoms with Crippen LogP contribution in [-0.4, -0.2) is 122 Å². The summed E-state index contributed by atoms with van der Waals surface area (Å²) in [5, 5.41) is 50.1. The number of aliphatic hydroxyl groups is 3. The summed E-state index contributed by atoms with van der Waals surface area (Å²) in [5.41, 5.74) is -1.76. The van der Waals surface area contributed by atoms with Crippen LogP contribution in [0.25, 0.3) is 0 Å². The molecule has 3 fully saturated rings. The average molecular weight is 941 g/mol. The van der Waals surface area contributed by atoms with Crippen molar-refractivity contribution in [2.75, 3.05) is 6.61 Å².